The molecule has 0 aliphatic rings. The Morgan fingerprint density at radius 1 is 1.23 bits per heavy atom. The third kappa shape index (κ3) is 3.80. The van der Waals surface area contributed by atoms with Crippen LogP contribution in [0.4, 0.5) is 11.4 Å². The highest BCUT2D eigenvalue weighted by Crippen LogP contribution is 2.28. The summed E-state index contributed by atoms with van der Waals surface area (Å²) in [6.45, 7) is 0. The number of carbonyl (C=O) groups is 1. The van der Waals surface area contributed by atoms with Crippen LogP contribution in [0.2, 0.25) is 0 Å². The lowest BCUT2D eigenvalue weighted by molar-refractivity contribution is 0.102. The third-order valence-corrected chi connectivity index (χ3v) is 4.58. The van der Waals surface area contributed by atoms with E-state index in [-0.39, 0.29) is 17.2 Å². The SMILES string of the molecule is CS(=O)(=O)Nc1ccc2onc(C(=O)Nc3ccc(C#N)cc3-c3nn[nH]n3)c2c1. The lowest BCUT2D eigenvalue weighted by atomic mass is 10.1. The highest BCUT2D eigenvalue weighted by molar-refractivity contribution is 7.92. The Hall–Kier alpha value is -4.31. The van der Waals surface area contributed by atoms with Crippen molar-refractivity contribution in [3.8, 4) is 17.5 Å². The van der Waals surface area contributed by atoms with E-state index in [1.54, 1.807) is 0 Å². The van der Waals surface area contributed by atoms with E-state index in [9.17, 15) is 13.2 Å². The molecular formula is C17H12N8O4S. The van der Waals surface area contributed by atoms with Gasteiger partial charge in [-0.1, -0.05) is 5.16 Å². The second-order valence-electron chi connectivity index (χ2n) is 6.18. The normalized spacial score (nSPS) is 11.2. The minimum absolute atomic E-state index is 0.0504. The van der Waals surface area contributed by atoms with Crippen molar-refractivity contribution in [2.45, 2.75) is 0 Å². The molecule has 1 amide bonds. The van der Waals surface area contributed by atoms with Crippen LogP contribution in [-0.2, 0) is 10.0 Å². The molecule has 0 spiro atoms. The summed E-state index contributed by atoms with van der Waals surface area (Å²) >= 11 is 0. The van der Waals surface area contributed by atoms with Crippen LogP contribution in [0.5, 0.6) is 0 Å². The van der Waals surface area contributed by atoms with Gasteiger partial charge in [0.1, 0.15) is 0 Å². The molecule has 0 bridgehead atoms. The van der Waals surface area contributed by atoms with Gasteiger partial charge >= 0.3 is 0 Å². The van der Waals surface area contributed by atoms with Crippen molar-refractivity contribution >= 4 is 38.3 Å². The first-order valence-corrected chi connectivity index (χ1v) is 10.2. The molecule has 12 nitrogen and oxygen atoms in total. The molecule has 4 rings (SSSR count). The molecule has 0 radical (unpaired) electrons. The number of amides is 1. The molecule has 0 fully saturated rings. The van der Waals surface area contributed by atoms with E-state index in [1.165, 1.54) is 36.4 Å². The molecule has 0 saturated carbocycles. The molecule has 0 aliphatic heterocycles. The van der Waals surface area contributed by atoms with Crippen LogP contribution in [0.15, 0.2) is 40.9 Å². The van der Waals surface area contributed by atoms with E-state index in [0.717, 1.165) is 6.26 Å². The van der Waals surface area contributed by atoms with Gasteiger partial charge in [-0.25, -0.2) is 8.42 Å². The summed E-state index contributed by atoms with van der Waals surface area (Å²) in [6.07, 6.45) is 1.02. The number of aromatic nitrogens is 5. The van der Waals surface area contributed by atoms with Gasteiger partial charge in [0.2, 0.25) is 15.8 Å². The summed E-state index contributed by atoms with van der Waals surface area (Å²) in [5.41, 5.74) is 1.55. The van der Waals surface area contributed by atoms with E-state index >= 15 is 0 Å². The molecule has 30 heavy (non-hydrogen) atoms. The minimum Gasteiger partial charge on any atom is -0.355 e. The zero-order chi connectivity index (χ0) is 21.3. The van der Waals surface area contributed by atoms with Gasteiger partial charge in [0.05, 0.1) is 29.0 Å². The summed E-state index contributed by atoms with van der Waals surface area (Å²) in [5, 5.41) is 29.5. The van der Waals surface area contributed by atoms with Crippen molar-refractivity contribution in [1.82, 2.24) is 25.8 Å². The van der Waals surface area contributed by atoms with Gasteiger partial charge < -0.3 is 9.84 Å². The first-order chi connectivity index (χ1) is 14.3. The van der Waals surface area contributed by atoms with E-state index in [2.05, 4.69) is 35.8 Å². The van der Waals surface area contributed by atoms with Crippen molar-refractivity contribution in [3.05, 3.63) is 47.7 Å². The Morgan fingerprint density at radius 3 is 2.77 bits per heavy atom. The van der Waals surface area contributed by atoms with Gasteiger partial charge in [-0.15, -0.1) is 10.2 Å². The fraction of sp³-hybridized carbons (Fsp3) is 0.0588. The van der Waals surface area contributed by atoms with E-state index in [0.29, 0.717) is 27.8 Å². The smallest absolute Gasteiger partial charge is 0.278 e. The number of rotatable bonds is 5. The summed E-state index contributed by atoms with van der Waals surface area (Å²) < 4.78 is 30.4. The minimum atomic E-state index is -3.50. The van der Waals surface area contributed by atoms with Crippen molar-refractivity contribution in [1.29, 1.82) is 5.26 Å². The van der Waals surface area contributed by atoms with Crippen molar-refractivity contribution < 1.29 is 17.7 Å². The van der Waals surface area contributed by atoms with E-state index < -0.39 is 15.9 Å². The van der Waals surface area contributed by atoms with Gasteiger partial charge in [-0.2, -0.15) is 10.5 Å². The fourth-order valence-corrected chi connectivity index (χ4v) is 3.30. The molecule has 2 aromatic heterocycles. The van der Waals surface area contributed by atoms with Gasteiger partial charge in [-0.05, 0) is 41.6 Å². The summed E-state index contributed by atoms with van der Waals surface area (Å²) in [6, 6.07) is 11.0. The summed E-state index contributed by atoms with van der Waals surface area (Å²) in [4.78, 5) is 12.9. The number of carbonyl (C=O) groups excluding carboxylic acids is 1. The van der Waals surface area contributed by atoms with Crippen molar-refractivity contribution in [2.75, 3.05) is 16.3 Å². The lowest BCUT2D eigenvalue weighted by Crippen LogP contribution is -2.14. The van der Waals surface area contributed by atoms with E-state index in [4.69, 9.17) is 9.78 Å². The molecule has 2 aromatic carbocycles. The van der Waals surface area contributed by atoms with Crippen LogP contribution >= 0.6 is 0 Å². The Morgan fingerprint density at radius 2 is 2.07 bits per heavy atom. The third-order valence-electron chi connectivity index (χ3n) is 3.97. The van der Waals surface area contributed by atoms with Crippen molar-refractivity contribution in [2.24, 2.45) is 0 Å². The Bertz CT molecular complexity index is 1400. The number of H-pyrrole nitrogens is 1. The molecule has 150 valence electrons. The monoisotopic (exact) mass is 424 g/mol. The molecule has 0 unspecified atom stereocenters. The predicted octanol–water partition coefficient (Wildman–Crippen LogP) is 1.50. The zero-order valence-electron chi connectivity index (χ0n) is 15.2. The van der Waals surface area contributed by atoms with Crippen LogP contribution in [0, 0.1) is 11.3 Å². The molecule has 4 aromatic rings. The van der Waals surface area contributed by atoms with Gasteiger partial charge in [0, 0.05) is 11.3 Å². The average Bonchev–Trinajstić information content (AvgIpc) is 3.36. The maximum Gasteiger partial charge on any atom is 0.278 e. The average molecular weight is 424 g/mol. The van der Waals surface area contributed by atoms with Gasteiger partial charge in [0.15, 0.2) is 11.3 Å². The van der Waals surface area contributed by atoms with Crippen molar-refractivity contribution in [3.63, 3.8) is 0 Å². The van der Waals surface area contributed by atoms with E-state index in [1.807, 2.05) is 6.07 Å². The van der Waals surface area contributed by atoms with Crippen LogP contribution in [0.1, 0.15) is 16.1 Å². The molecule has 0 saturated heterocycles. The first kappa shape index (κ1) is 19.0. The first-order valence-electron chi connectivity index (χ1n) is 8.30. The second kappa shape index (κ2) is 7.26. The topological polar surface area (TPSA) is 180 Å². The highest BCUT2D eigenvalue weighted by Gasteiger charge is 2.20. The number of anilines is 2. The number of aromatic amines is 1. The second-order valence-corrected chi connectivity index (χ2v) is 7.93. The van der Waals surface area contributed by atoms with Crippen LogP contribution in [0.25, 0.3) is 22.4 Å². The molecule has 13 heteroatoms. The summed E-state index contributed by atoms with van der Waals surface area (Å²) in [5.74, 6) is -0.424. The maximum absolute atomic E-state index is 12.9. The number of tetrazole rings is 1. The van der Waals surface area contributed by atoms with Crippen LogP contribution < -0.4 is 10.0 Å². The number of nitriles is 1. The predicted molar refractivity (Wildman–Crippen MR) is 105 cm³/mol. The zero-order valence-corrected chi connectivity index (χ0v) is 16.1. The quantitative estimate of drug-likeness (QED) is 0.428. The number of benzene rings is 2. The Balaban J connectivity index is 1.70. The number of sulfonamides is 1. The molecular weight excluding hydrogens is 412 g/mol. The van der Waals surface area contributed by atoms with Crippen LogP contribution in [-0.4, -0.2) is 46.4 Å². The Kier molecular flexibility index (Phi) is 4.60. The maximum atomic E-state index is 12.9. The lowest BCUT2D eigenvalue weighted by Gasteiger charge is -2.08. The number of nitrogens with one attached hydrogen (secondary N) is 3. The molecule has 3 N–H and O–H groups in total. The highest BCUT2D eigenvalue weighted by atomic mass is 32.2. The van der Waals surface area contributed by atoms with Crippen LogP contribution in [0.3, 0.4) is 0 Å². The number of fused-ring (bicyclic) bond motifs is 1. The van der Waals surface area contributed by atoms with Gasteiger partial charge in [0.25, 0.3) is 5.91 Å². The molecule has 2 heterocycles. The largest absolute Gasteiger partial charge is 0.355 e. The Labute approximate surface area is 168 Å². The van der Waals surface area contributed by atoms with Gasteiger partial charge in [-0.3, -0.25) is 9.52 Å². The fourth-order valence-electron chi connectivity index (χ4n) is 2.75. The number of nitrogens with zero attached hydrogens (tertiary/aromatic N) is 5. The number of hydrogen-bond acceptors (Lipinski definition) is 9. The standard InChI is InChI=1S/C17H12N8O4S/c1-30(27,28)23-10-3-5-14-12(7-10)15(22-29-14)17(26)19-13-4-2-9(8-18)6-11(13)16-20-24-25-21-16/h2-7,23H,1H3,(H,19,26)(H,20,21,24,25). The molecule has 0 atom stereocenters. The summed E-state index contributed by atoms with van der Waals surface area (Å²) in [7, 11) is -3.50. The molecule has 0 aliphatic carbocycles. The number of hydrogen-bond donors (Lipinski definition) is 3.